The van der Waals surface area contributed by atoms with E-state index in [0.717, 1.165) is 0 Å². The van der Waals surface area contributed by atoms with Crippen LogP contribution in [0.4, 0.5) is 0 Å². The van der Waals surface area contributed by atoms with E-state index in [0.29, 0.717) is 0 Å². The maximum absolute atomic E-state index is 10.6. The summed E-state index contributed by atoms with van der Waals surface area (Å²) in [7, 11) is 0. The minimum atomic E-state index is -0.959. The minimum absolute atomic E-state index is 0.117. The summed E-state index contributed by atoms with van der Waals surface area (Å²) in [6, 6.07) is 0. The molecule has 10 heavy (non-hydrogen) atoms. The number of ketones is 3. The molecular formula is C6H6O4. The van der Waals surface area contributed by atoms with Crippen LogP contribution in [0, 0.1) is 5.92 Å². The standard InChI is InChI=1S/C6H6O4/c7-2-3-1-4(8)6(10)5(3)9/h3,7H,1-2H2. The van der Waals surface area contributed by atoms with Crippen molar-refractivity contribution in [1.29, 1.82) is 0 Å². The number of Topliss-reactive ketones (excluding diaryl/α,β-unsaturated/α-hetero) is 3. The van der Waals surface area contributed by atoms with Gasteiger partial charge in [0.05, 0.1) is 12.5 Å². The third-order valence-corrected chi connectivity index (χ3v) is 1.50. The average Bonchev–Trinajstić information content (AvgIpc) is 2.17. The first-order valence-corrected chi connectivity index (χ1v) is 2.89. The van der Waals surface area contributed by atoms with Crippen LogP contribution in [0.3, 0.4) is 0 Å². The van der Waals surface area contributed by atoms with Crippen molar-refractivity contribution in [2.45, 2.75) is 6.42 Å². The zero-order valence-electron chi connectivity index (χ0n) is 5.16. The van der Waals surface area contributed by atoms with Gasteiger partial charge >= 0.3 is 0 Å². The van der Waals surface area contributed by atoms with Crippen LogP contribution in [0.1, 0.15) is 6.42 Å². The lowest BCUT2D eigenvalue weighted by molar-refractivity contribution is -0.141. The Morgan fingerprint density at radius 3 is 2.20 bits per heavy atom. The zero-order chi connectivity index (χ0) is 7.72. The SMILES string of the molecule is O=C1CC(CO)C(=O)C1=O. The maximum atomic E-state index is 10.6. The Hall–Kier alpha value is -1.03. The van der Waals surface area contributed by atoms with E-state index in [2.05, 4.69) is 0 Å². The fraction of sp³-hybridized carbons (Fsp3) is 0.500. The highest BCUT2D eigenvalue weighted by atomic mass is 16.3. The van der Waals surface area contributed by atoms with Crippen LogP contribution in [0.2, 0.25) is 0 Å². The molecule has 1 rings (SSSR count). The molecule has 4 heteroatoms. The summed E-state index contributed by atoms with van der Waals surface area (Å²) >= 11 is 0. The summed E-state index contributed by atoms with van der Waals surface area (Å²) in [6.07, 6.45) is -0.117. The van der Waals surface area contributed by atoms with Gasteiger partial charge in [-0.1, -0.05) is 0 Å². The van der Waals surface area contributed by atoms with Crippen LogP contribution in [-0.4, -0.2) is 29.1 Å². The molecule has 0 saturated heterocycles. The van der Waals surface area contributed by atoms with Crippen molar-refractivity contribution in [2.24, 2.45) is 5.92 Å². The molecule has 0 aliphatic heterocycles. The van der Waals surface area contributed by atoms with Gasteiger partial charge in [0.25, 0.3) is 5.78 Å². The van der Waals surface area contributed by atoms with Gasteiger partial charge in [-0.25, -0.2) is 0 Å². The molecule has 4 nitrogen and oxygen atoms in total. The molecule has 0 spiro atoms. The number of aliphatic hydroxyl groups is 1. The molecule has 0 bridgehead atoms. The van der Waals surface area contributed by atoms with Gasteiger partial charge in [0.15, 0.2) is 0 Å². The lowest BCUT2D eigenvalue weighted by Gasteiger charge is -1.95. The smallest absolute Gasteiger partial charge is 0.264 e. The van der Waals surface area contributed by atoms with Crippen molar-refractivity contribution in [1.82, 2.24) is 0 Å². The lowest BCUT2D eigenvalue weighted by atomic mass is 10.1. The van der Waals surface area contributed by atoms with Gasteiger partial charge in [0.2, 0.25) is 11.6 Å². The summed E-state index contributed by atoms with van der Waals surface area (Å²) in [5, 5.41) is 8.45. The van der Waals surface area contributed by atoms with E-state index in [1.54, 1.807) is 0 Å². The van der Waals surface area contributed by atoms with Gasteiger partial charge in [-0.3, -0.25) is 14.4 Å². The lowest BCUT2D eigenvalue weighted by Crippen LogP contribution is -2.17. The normalized spacial score (nSPS) is 26.1. The number of carbonyl (C=O) groups excluding carboxylic acids is 3. The third-order valence-electron chi connectivity index (χ3n) is 1.50. The number of rotatable bonds is 1. The number of carbonyl (C=O) groups is 3. The van der Waals surface area contributed by atoms with E-state index in [9.17, 15) is 14.4 Å². The summed E-state index contributed by atoms with van der Waals surface area (Å²) in [6.45, 7) is -0.406. The van der Waals surface area contributed by atoms with Gasteiger partial charge in [0.1, 0.15) is 0 Å². The van der Waals surface area contributed by atoms with Gasteiger partial charge in [-0.05, 0) is 0 Å². The van der Waals surface area contributed by atoms with Gasteiger partial charge in [0, 0.05) is 6.42 Å². The molecule has 1 atom stereocenters. The molecule has 0 heterocycles. The molecule has 1 N–H and O–H groups in total. The Balaban J connectivity index is 2.81. The van der Waals surface area contributed by atoms with E-state index >= 15 is 0 Å². The molecule has 1 aliphatic rings. The molecule has 0 aromatic heterocycles. The molecule has 1 saturated carbocycles. The third kappa shape index (κ3) is 0.863. The summed E-state index contributed by atoms with van der Waals surface area (Å²) in [4.78, 5) is 31.6. The Bertz CT molecular complexity index is 206. The first-order valence-electron chi connectivity index (χ1n) is 2.89. The molecule has 0 aromatic rings. The molecule has 1 fully saturated rings. The Labute approximate surface area is 56.8 Å². The average molecular weight is 142 g/mol. The van der Waals surface area contributed by atoms with Crippen molar-refractivity contribution in [3.63, 3.8) is 0 Å². The zero-order valence-corrected chi connectivity index (χ0v) is 5.16. The van der Waals surface area contributed by atoms with Crippen LogP contribution in [0.5, 0.6) is 0 Å². The number of aliphatic hydroxyl groups excluding tert-OH is 1. The van der Waals surface area contributed by atoms with Crippen molar-refractivity contribution < 1.29 is 19.5 Å². The van der Waals surface area contributed by atoms with E-state index in [-0.39, 0.29) is 6.42 Å². The first-order chi connectivity index (χ1) is 4.66. The van der Waals surface area contributed by atoms with Crippen molar-refractivity contribution in [3.8, 4) is 0 Å². The van der Waals surface area contributed by atoms with Crippen LogP contribution >= 0.6 is 0 Å². The monoisotopic (exact) mass is 142 g/mol. The molecule has 54 valence electrons. The topological polar surface area (TPSA) is 71.4 Å². The molecule has 1 aliphatic carbocycles. The van der Waals surface area contributed by atoms with Crippen LogP contribution in [-0.2, 0) is 14.4 Å². The van der Waals surface area contributed by atoms with Crippen LogP contribution in [0.15, 0.2) is 0 Å². The Morgan fingerprint density at radius 1 is 1.40 bits per heavy atom. The highest BCUT2D eigenvalue weighted by Gasteiger charge is 2.38. The van der Waals surface area contributed by atoms with Crippen molar-refractivity contribution in [3.05, 3.63) is 0 Å². The summed E-state index contributed by atoms with van der Waals surface area (Å²) < 4.78 is 0. The van der Waals surface area contributed by atoms with Crippen LogP contribution < -0.4 is 0 Å². The largest absolute Gasteiger partial charge is 0.396 e. The predicted molar refractivity (Wildman–Crippen MR) is 30.2 cm³/mol. The molecular weight excluding hydrogens is 136 g/mol. The van der Waals surface area contributed by atoms with Gasteiger partial charge < -0.3 is 5.11 Å². The summed E-state index contributed by atoms with van der Waals surface area (Å²) in [5.74, 6) is -3.14. The number of hydrogen-bond donors (Lipinski definition) is 1. The Kier molecular flexibility index (Phi) is 1.63. The van der Waals surface area contributed by atoms with E-state index in [1.165, 1.54) is 0 Å². The highest BCUT2D eigenvalue weighted by molar-refractivity contribution is 6.67. The molecule has 1 unspecified atom stereocenters. The van der Waals surface area contributed by atoms with E-state index in [4.69, 9.17) is 5.11 Å². The van der Waals surface area contributed by atoms with Crippen molar-refractivity contribution in [2.75, 3.05) is 6.61 Å². The predicted octanol–water partition coefficient (Wildman–Crippen LogP) is -1.29. The minimum Gasteiger partial charge on any atom is -0.396 e. The first kappa shape index (κ1) is 7.08. The second kappa shape index (κ2) is 2.30. The van der Waals surface area contributed by atoms with E-state index < -0.39 is 29.9 Å². The maximum Gasteiger partial charge on any atom is 0.264 e. The quantitative estimate of drug-likeness (QED) is 0.462. The molecule has 0 amide bonds. The highest BCUT2D eigenvalue weighted by Crippen LogP contribution is 2.14. The van der Waals surface area contributed by atoms with Gasteiger partial charge in [-0.15, -0.1) is 0 Å². The van der Waals surface area contributed by atoms with Crippen LogP contribution in [0.25, 0.3) is 0 Å². The Morgan fingerprint density at radius 2 is 2.00 bits per heavy atom. The van der Waals surface area contributed by atoms with E-state index in [1.807, 2.05) is 0 Å². The molecule has 0 aromatic carbocycles. The second-order valence-corrected chi connectivity index (χ2v) is 2.20. The number of hydrogen-bond acceptors (Lipinski definition) is 4. The fourth-order valence-corrected chi connectivity index (χ4v) is 0.879. The van der Waals surface area contributed by atoms with Crippen molar-refractivity contribution >= 4 is 17.3 Å². The fourth-order valence-electron chi connectivity index (χ4n) is 0.879. The summed E-state index contributed by atoms with van der Waals surface area (Å²) in [5.41, 5.74) is 0. The molecule has 0 radical (unpaired) electrons. The second-order valence-electron chi connectivity index (χ2n) is 2.20. The van der Waals surface area contributed by atoms with Gasteiger partial charge in [-0.2, -0.15) is 0 Å².